The molecule has 0 unspecified atom stereocenters. The van der Waals surface area contributed by atoms with E-state index in [4.69, 9.17) is 0 Å². The molecule has 1 rings (SSSR count). The second kappa shape index (κ2) is 11.1. The van der Waals surface area contributed by atoms with E-state index < -0.39 is 21.4 Å². The van der Waals surface area contributed by atoms with E-state index in [2.05, 4.69) is 14.7 Å². The summed E-state index contributed by atoms with van der Waals surface area (Å²) in [4.78, 5) is 7.25. The van der Waals surface area contributed by atoms with Gasteiger partial charge in [0, 0.05) is 77.4 Å². The van der Waals surface area contributed by atoms with Crippen LogP contribution < -0.4 is 0 Å². The van der Waals surface area contributed by atoms with Gasteiger partial charge in [-0.05, 0) is 40.0 Å². The molecule has 1 heterocycles. The first-order valence-corrected chi connectivity index (χ1v) is 18.4. The molecule has 1 saturated heterocycles. The lowest BCUT2D eigenvalue weighted by atomic mass is 10.4. The quantitative estimate of drug-likeness (QED) is 0.513. The molecule has 0 spiro atoms. The standard InChI is InChI=1S/C18H42N3O3P3/c1-25(2,22)16-13-19-7-9-20(14-17-26(3,4)23)11-12-21(10-8-19)15-18-27(5,6)24/h7-18H2,1-6H3. The van der Waals surface area contributed by atoms with Gasteiger partial charge >= 0.3 is 0 Å². The number of rotatable bonds is 9. The Kier molecular flexibility index (Phi) is 10.5. The molecule has 1 aliphatic rings. The van der Waals surface area contributed by atoms with Crippen LogP contribution >= 0.6 is 21.4 Å². The minimum atomic E-state index is -2.01. The zero-order chi connectivity index (χ0) is 20.7. The molecule has 1 fully saturated rings. The van der Waals surface area contributed by atoms with Gasteiger partial charge in [-0.3, -0.25) is 0 Å². The second-order valence-corrected chi connectivity index (χ2v) is 20.2. The van der Waals surface area contributed by atoms with E-state index in [1.54, 1.807) is 0 Å². The molecule has 9 heteroatoms. The molecule has 0 aromatic carbocycles. The summed E-state index contributed by atoms with van der Waals surface area (Å²) >= 11 is 0. The van der Waals surface area contributed by atoms with Gasteiger partial charge in [0.05, 0.1) is 21.4 Å². The van der Waals surface area contributed by atoms with Crippen molar-refractivity contribution in [3.05, 3.63) is 0 Å². The average Bonchev–Trinajstić information content (AvgIpc) is 2.57. The predicted octanol–water partition coefficient (Wildman–Crippen LogP) is 2.77. The fraction of sp³-hybridized carbons (Fsp3) is 1.00. The van der Waals surface area contributed by atoms with E-state index in [-0.39, 0.29) is 0 Å². The zero-order valence-corrected chi connectivity index (χ0v) is 21.1. The highest BCUT2D eigenvalue weighted by atomic mass is 31.2. The van der Waals surface area contributed by atoms with Crippen LogP contribution in [0.3, 0.4) is 0 Å². The van der Waals surface area contributed by atoms with Crippen LogP contribution in [0.1, 0.15) is 0 Å². The third-order valence-electron chi connectivity index (χ3n) is 5.06. The Balaban J connectivity index is 2.72. The highest BCUT2D eigenvalue weighted by Crippen LogP contribution is 2.36. The Morgan fingerprint density at radius 1 is 0.481 bits per heavy atom. The van der Waals surface area contributed by atoms with E-state index in [0.717, 1.165) is 77.4 Å². The molecule has 0 radical (unpaired) electrons. The summed E-state index contributed by atoms with van der Waals surface area (Å²) in [6.07, 6.45) is 2.27. The van der Waals surface area contributed by atoms with Gasteiger partial charge in [0.2, 0.25) is 0 Å². The van der Waals surface area contributed by atoms with Crippen molar-refractivity contribution < 1.29 is 13.7 Å². The van der Waals surface area contributed by atoms with Gasteiger partial charge in [-0.2, -0.15) is 0 Å². The summed E-state index contributed by atoms with van der Waals surface area (Å²) in [6.45, 7) is 19.6. The van der Waals surface area contributed by atoms with E-state index in [9.17, 15) is 13.7 Å². The minimum Gasteiger partial charge on any atom is -0.324 e. The van der Waals surface area contributed by atoms with Crippen LogP contribution in [0.5, 0.6) is 0 Å². The maximum Gasteiger partial charge on any atom is 0.0831 e. The number of hydrogen-bond donors (Lipinski definition) is 0. The molecule has 0 N–H and O–H groups in total. The van der Waals surface area contributed by atoms with Gasteiger partial charge in [0.1, 0.15) is 0 Å². The van der Waals surface area contributed by atoms with Crippen molar-refractivity contribution in [3.8, 4) is 0 Å². The molecule has 0 aromatic rings. The molecule has 0 bridgehead atoms. The molecular formula is C18H42N3O3P3. The van der Waals surface area contributed by atoms with Crippen LogP contribution in [0.2, 0.25) is 0 Å². The molecule has 162 valence electrons. The van der Waals surface area contributed by atoms with E-state index in [1.807, 2.05) is 40.0 Å². The molecule has 0 aromatic heterocycles. The largest absolute Gasteiger partial charge is 0.324 e. The third kappa shape index (κ3) is 14.2. The topological polar surface area (TPSA) is 60.9 Å². The number of nitrogens with zero attached hydrogens (tertiary/aromatic N) is 3. The van der Waals surface area contributed by atoms with Crippen LogP contribution in [0, 0.1) is 0 Å². The summed E-state index contributed by atoms with van der Waals surface area (Å²) in [7, 11) is -6.03. The lowest BCUT2D eigenvalue weighted by Gasteiger charge is -2.26. The highest BCUT2D eigenvalue weighted by molar-refractivity contribution is 7.62. The normalized spacial score (nSPS) is 20.2. The van der Waals surface area contributed by atoms with E-state index in [0.29, 0.717) is 0 Å². The van der Waals surface area contributed by atoms with Crippen molar-refractivity contribution in [2.24, 2.45) is 0 Å². The summed E-state index contributed by atoms with van der Waals surface area (Å²) in [5.41, 5.74) is 0. The minimum absolute atomic E-state index is 0.755. The van der Waals surface area contributed by atoms with Crippen molar-refractivity contribution in [2.75, 3.05) is 117 Å². The van der Waals surface area contributed by atoms with Gasteiger partial charge in [-0.25, -0.2) is 0 Å². The first kappa shape index (κ1) is 25.6. The SMILES string of the molecule is CP(C)(=O)CCN1CCN(CCP(C)(C)=O)CCN(CCP(C)(C)=O)CC1. The first-order valence-electron chi connectivity index (χ1n) is 10.0. The van der Waals surface area contributed by atoms with Gasteiger partial charge in [0.25, 0.3) is 0 Å². The van der Waals surface area contributed by atoms with Crippen molar-refractivity contribution in [3.63, 3.8) is 0 Å². The van der Waals surface area contributed by atoms with Crippen molar-refractivity contribution >= 4 is 21.4 Å². The van der Waals surface area contributed by atoms with Crippen molar-refractivity contribution in [1.82, 2.24) is 14.7 Å². The Labute approximate surface area is 167 Å². The highest BCUT2D eigenvalue weighted by Gasteiger charge is 2.20. The first-order chi connectivity index (χ1) is 12.2. The summed E-state index contributed by atoms with van der Waals surface area (Å²) < 4.78 is 36.4. The van der Waals surface area contributed by atoms with E-state index in [1.165, 1.54) is 0 Å². The van der Waals surface area contributed by atoms with Gasteiger partial charge in [-0.15, -0.1) is 0 Å². The van der Waals surface area contributed by atoms with Crippen LogP contribution in [-0.2, 0) is 13.7 Å². The summed E-state index contributed by atoms with van der Waals surface area (Å²) in [6, 6.07) is 0. The van der Waals surface area contributed by atoms with Crippen LogP contribution in [0.15, 0.2) is 0 Å². The Morgan fingerprint density at radius 2 is 0.667 bits per heavy atom. The average molecular weight is 441 g/mol. The Bertz CT molecular complexity index is 489. The lowest BCUT2D eigenvalue weighted by Crippen LogP contribution is -2.38. The maximum atomic E-state index is 12.1. The van der Waals surface area contributed by atoms with Gasteiger partial charge in [0.15, 0.2) is 0 Å². The third-order valence-corrected chi connectivity index (χ3v) is 8.89. The maximum absolute atomic E-state index is 12.1. The van der Waals surface area contributed by atoms with Crippen LogP contribution in [0.4, 0.5) is 0 Å². The monoisotopic (exact) mass is 441 g/mol. The lowest BCUT2D eigenvalue weighted by molar-refractivity contribution is 0.233. The summed E-state index contributed by atoms with van der Waals surface area (Å²) in [5.74, 6) is 0. The fourth-order valence-electron chi connectivity index (χ4n) is 3.00. The summed E-state index contributed by atoms with van der Waals surface area (Å²) in [5, 5.41) is 0. The Morgan fingerprint density at radius 3 is 0.815 bits per heavy atom. The van der Waals surface area contributed by atoms with E-state index >= 15 is 0 Å². The molecule has 1 aliphatic heterocycles. The molecular weight excluding hydrogens is 399 g/mol. The van der Waals surface area contributed by atoms with Crippen molar-refractivity contribution in [2.45, 2.75) is 0 Å². The fourth-order valence-corrected chi connectivity index (χ4v) is 5.29. The van der Waals surface area contributed by atoms with Crippen LogP contribution in [-0.4, -0.2) is 132 Å². The number of hydrogen-bond acceptors (Lipinski definition) is 6. The van der Waals surface area contributed by atoms with Gasteiger partial charge in [-0.1, -0.05) is 0 Å². The second-order valence-electron chi connectivity index (χ2n) is 9.42. The van der Waals surface area contributed by atoms with Crippen molar-refractivity contribution in [1.29, 1.82) is 0 Å². The molecule has 0 amide bonds. The smallest absolute Gasteiger partial charge is 0.0831 e. The molecule has 0 atom stereocenters. The molecule has 27 heavy (non-hydrogen) atoms. The molecule has 0 aliphatic carbocycles. The predicted molar refractivity (Wildman–Crippen MR) is 122 cm³/mol. The Hall–Kier alpha value is 0.570. The molecule has 6 nitrogen and oxygen atoms in total. The van der Waals surface area contributed by atoms with Gasteiger partial charge < -0.3 is 28.4 Å². The zero-order valence-electron chi connectivity index (χ0n) is 18.4. The molecule has 0 saturated carbocycles. The van der Waals surface area contributed by atoms with Crippen LogP contribution in [0.25, 0.3) is 0 Å².